The summed E-state index contributed by atoms with van der Waals surface area (Å²) >= 11 is 1.71. The van der Waals surface area contributed by atoms with Crippen molar-refractivity contribution in [2.75, 3.05) is 13.7 Å². The molecule has 0 aliphatic heterocycles. The fourth-order valence-corrected chi connectivity index (χ4v) is 4.27. The van der Waals surface area contributed by atoms with Gasteiger partial charge in [0.25, 0.3) is 0 Å². The quantitative estimate of drug-likeness (QED) is 0.428. The number of rotatable bonds is 10. The highest BCUT2D eigenvalue weighted by molar-refractivity contribution is 7.10. The molecular formula is C20H23N6O2S+. The van der Waals surface area contributed by atoms with Gasteiger partial charge < -0.3 is 14.1 Å². The molecule has 0 spiro atoms. The second-order valence-electron chi connectivity index (χ2n) is 6.65. The van der Waals surface area contributed by atoms with E-state index in [0.717, 1.165) is 23.7 Å². The van der Waals surface area contributed by atoms with Gasteiger partial charge in [-0.05, 0) is 40.1 Å². The van der Waals surface area contributed by atoms with E-state index < -0.39 is 0 Å². The molecule has 1 unspecified atom stereocenters. The lowest BCUT2D eigenvalue weighted by Gasteiger charge is -2.26. The number of quaternary nitrogens is 1. The second-order valence-corrected chi connectivity index (χ2v) is 7.63. The Morgan fingerprint density at radius 3 is 2.90 bits per heavy atom. The maximum absolute atomic E-state index is 5.67. The van der Waals surface area contributed by atoms with E-state index >= 15 is 0 Å². The van der Waals surface area contributed by atoms with Gasteiger partial charge in [-0.2, -0.15) is 0 Å². The number of nitrogens with zero attached hydrogens (tertiary/aromatic N) is 5. The number of aromatic nitrogens is 5. The van der Waals surface area contributed by atoms with Crippen molar-refractivity contribution in [1.29, 1.82) is 0 Å². The monoisotopic (exact) mass is 411 g/mol. The van der Waals surface area contributed by atoms with Crippen LogP contribution < -0.4 is 4.90 Å². The Morgan fingerprint density at radius 2 is 2.17 bits per heavy atom. The third-order valence-corrected chi connectivity index (χ3v) is 5.63. The van der Waals surface area contributed by atoms with Crippen LogP contribution >= 0.6 is 11.3 Å². The summed E-state index contributed by atoms with van der Waals surface area (Å²) in [6.07, 6.45) is 5.40. The number of thiophene rings is 1. The van der Waals surface area contributed by atoms with Gasteiger partial charge in [-0.25, -0.2) is 4.68 Å². The van der Waals surface area contributed by atoms with Crippen LogP contribution in [0.4, 0.5) is 0 Å². The van der Waals surface area contributed by atoms with E-state index in [1.54, 1.807) is 30.9 Å². The van der Waals surface area contributed by atoms with Gasteiger partial charge in [0.05, 0.1) is 24.3 Å². The number of nitrogens with one attached hydrogen (secondary N) is 1. The molecule has 0 aromatic carbocycles. The van der Waals surface area contributed by atoms with Gasteiger partial charge in [0.1, 0.15) is 13.1 Å². The average molecular weight is 412 g/mol. The SMILES string of the molecule is COCCn1nnnc1[C@H](c1cccs1)[NH+](Cc1cccnc1)Cc1ccco1. The summed E-state index contributed by atoms with van der Waals surface area (Å²) in [5.74, 6) is 1.73. The van der Waals surface area contributed by atoms with Crippen molar-refractivity contribution in [2.24, 2.45) is 0 Å². The first kappa shape index (κ1) is 19.4. The van der Waals surface area contributed by atoms with Crippen LogP contribution in [0, 0.1) is 0 Å². The molecule has 1 N–H and O–H groups in total. The summed E-state index contributed by atoms with van der Waals surface area (Å²) in [5, 5.41) is 14.6. The Morgan fingerprint density at radius 1 is 1.21 bits per heavy atom. The topological polar surface area (TPSA) is 83.3 Å². The number of furan rings is 1. The Bertz CT molecular complexity index is 972. The van der Waals surface area contributed by atoms with Crippen LogP contribution in [0.25, 0.3) is 0 Å². The number of tetrazole rings is 1. The Hall–Kier alpha value is -2.88. The number of ether oxygens (including phenoxy) is 1. The summed E-state index contributed by atoms with van der Waals surface area (Å²) in [5.41, 5.74) is 1.14. The molecule has 0 radical (unpaired) electrons. The molecule has 4 rings (SSSR count). The van der Waals surface area contributed by atoms with Crippen molar-refractivity contribution in [3.63, 3.8) is 0 Å². The molecule has 150 valence electrons. The normalized spacial score (nSPS) is 13.4. The molecule has 0 aliphatic rings. The Balaban J connectivity index is 1.73. The maximum Gasteiger partial charge on any atom is 0.215 e. The zero-order valence-corrected chi connectivity index (χ0v) is 17.0. The van der Waals surface area contributed by atoms with E-state index in [1.807, 2.05) is 29.1 Å². The Kier molecular flexibility index (Phi) is 6.40. The van der Waals surface area contributed by atoms with Gasteiger partial charge in [0, 0.05) is 25.1 Å². The summed E-state index contributed by atoms with van der Waals surface area (Å²) in [4.78, 5) is 6.73. The third kappa shape index (κ3) is 4.76. The molecule has 4 aromatic heterocycles. The molecule has 0 amide bonds. The lowest BCUT2D eigenvalue weighted by molar-refractivity contribution is -0.953. The van der Waals surface area contributed by atoms with Crippen molar-refractivity contribution in [2.45, 2.75) is 25.7 Å². The molecule has 4 heterocycles. The smallest absolute Gasteiger partial charge is 0.215 e. The van der Waals surface area contributed by atoms with Crippen LogP contribution in [0.2, 0.25) is 0 Å². The zero-order chi connectivity index (χ0) is 19.9. The van der Waals surface area contributed by atoms with E-state index in [1.165, 1.54) is 9.78 Å². The van der Waals surface area contributed by atoms with Gasteiger partial charge in [0.2, 0.25) is 5.82 Å². The van der Waals surface area contributed by atoms with Crippen molar-refractivity contribution >= 4 is 11.3 Å². The lowest BCUT2D eigenvalue weighted by Crippen LogP contribution is -3.10. The van der Waals surface area contributed by atoms with Crippen LogP contribution in [0.3, 0.4) is 0 Å². The van der Waals surface area contributed by atoms with Gasteiger partial charge >= 0.3 is 0 Å². The minimum Gasteiger partial charge on any atom is -0.463 e. The summed E-state index contributed by atoms with van der Waals surface area (Å²) in [7, 11) is 1.68. The highest BCUT2D eigenvalue weighted by Gasteiger charge is 2.33. The van der Waals surface area contributed by atoms with Crippen LogP contribution in [-0.2, 0) is 24.4 Å². The molecule has 0 saturated heterocycles. The first-order valence-corrected chi connectivity index (χ1v) is 10.3. The molecule has 0 bridgehead atoms. The van der Waals surface area contributed by atoms with E-state index in [2.05, 4.69) is 44.1 Å². The van der Waals surface area contributed by atoms with Crippen molar-refractivity contribution in [3.8, 4) is 0 Å². The highest BCUT2D eigenvalue weighted by atomic mass is 32.1. The Labute approximate surface area is 172 Å². The maximum atomic E-state index is 5.67. The second kappa shape index (κ2) is 9.55. The summed E-state index contributed by atoms with van der Waals surface area (Å²) in [6.45, 7) is 2.60. The van der Waals surface area contributed by atoms with Crippen molar-refractivity contribution < 1.29 is 14.1 Å². The molecule has 0 saturated carbocycles. The van der Waals surface area contributed by atoms with E-state index in [9.17, 15) is 0 Å². The molecule has 2 atom stereocenters. The van der Waals surface area contributed by atoms with Crippen molar-refractivity contribution in [1.82, 2.24) is 25.2 Å². The molecule has 4 aromatic rings. The zero-order valence-electron chi connectivity index (χ0n) is 16.1. The minimum absolute atomic E-state index is 0.0489. The number of pyridine rings is 1. The first-order valence-electron chi connectivity index (χ1n) is 9.39. The average Bonchev–Trinajstić information content (AvgIpc) is 3.51. The van der Waals surface area contributed by atoms with Gasteiger partial charge in [-0.3, -0.25) is 4.98 Å². The van der Waals surface area contributed by atoms with Crippen LogP contribution in [-0.4, -0.2) is 38.9 Å². The van der Waals surface area contributed by atoms with Crippen LogP contribution in [0.15, 0.2) is 64.9 Å². The number of methoxy groups -OCH3 is 1. The van der Waals surface area contributed by atoms with Crippen LogP contribution in [0.1, 0.15) is 28.1 Å². The molecule has 8 nitrogen and oxygen atoms in total. The van der Waals surface area contributed by atoms with E-state index in [-0.39, 0.29) is 6.04 Å². The van der Waals surface area contributed by atoms with Crippen LogP contribution in [0.5, 0.6) is 0 Å². The standard InChI is InChI=1S/C20H22N6O2S/c1-27-11-9-26-20(22-23-24-26)19(18-7-4-12-29-18)25(15-17-6-3-10-28-17)14-16-5-2-8-21-13-16/h2-8,10,12-13,19H,9,11,14-15H2,1H3/p+1/t19-/m0/s1. The molecule has 0 fully saturated rings. The fraction of sp³-hybridized carbons (Fsp3) is 0.300. The fourth-order valence-electron chi connectivity index (χ4n) is 3.39. The first-order chi connectivity index (χ1) is 14.3. The lowest BCUT2D eigenvalue weighted by atomic mass is 10.1. The van der Waals surface area contributed by atoms with E-state index in [4.69, 9.17) is 9.15 Å². The number of hydrogen-bond donors (Lipinski definition) is 1. The molecular weight excluding hydrogens is 388 g/mol. The molecule has 9 heteroatoms. The summed E-state index contributed by atoms with van der Waals surface area (Å²) < 4.78 is 12.7. The summed E-state index contributed by atoms with van der Waals surface area (Å²) in [6, 6.07) is 12.1. The van der Waals surface area contributed by atoms with Gasteiger partial charge in [-0.15, -0.1) is 16.4 Å². The molecule has 0 aliphatic carbocycles. The predicted octanol–water partition coefficient (Wildman–Crippen LogP) is 1.74. The molecule has 29 heavy (non-hydrogen) atoms. The third-order valence-electron chi connectivity index (χ3n) is 4.70. The number of hydrogen-bond acceptors (Lipinski definition) is 7. The largest absolute Gasteiger partial charge is 0.463 e. The minimum atomic E-state index is -0.0489. The van der Waals surface area contributed by atoms with Gasteiger partial charge in [0.15, 0.2) is 11.8 Å². The van der Waals surface area contributed by atoms with Gasteiger partial charge in [-0.1, -0.05) is 12.1 Å². The predicted molar refractivity (Wildman–Crippen MR) is 107 cm³/mol. The highest BCUT2D eigenvalue weighted by Crippen LogP contribution is 2.23. The van der Waals surface area contributed by atoms with Crippen molar-refractivity contribution in [3.05, 3.63) is 82.5 Å². The van der Waals surface area contributed by atoms with E-state index in [0.29, 0.717) is 19.7 Å².